The minimum atomic E-state index is -0.904. The van der Waals surface area contributed by atoms with Crippen LogP contribution in [0.4, 0.5) is 5.69 Å². The maximum absolute atomic E-state index is 10.8. The number of halogens is 1. The van der Waals surface area contributed by atoms with Crippen LogP contribution < -0.4 is 4.90 Å². The van der Waals surface area contributed by atoms with E-state index in [1.54, 1.807) is 12.1 Å². The zero-order valence-corrected chi connectivity index (χ0v) is 11.3. The SMILES string of the molecule is CCC(C)N(C)c1ccc(C(=O)O)cc1Br. The number of hydrogen-bond acceptors (Lipinski definition) is 2. The van der Waals surface area contributed by atoms with E-state index in [4.69, 9.17) is 5.11 Å². The number of carboxylic acid groups (broad SMARTS) is 1. The molecule has 0 radical (unpaired) electrons. The first-order valence-corrected chi connectivity index (χ1v) is 6.02. The number of aromatic carboxylic acids is 1. The molecular weight excluding hydrogens is 270 g/mol. The van der Waals surface area contributed by atoms with Crippen LogP contribution in [0.1, 0.15) is 30.6 Å². The number of rotatable bonds is 4. The normalized spacial score (nSPS) is 12.2. The number of carboxylic acids is 1. The second-order valence-corrected chi connectivity index (χ2v) is 4.69. The molecule has 0 saturated heterocycles. The van der Waals surface area contributed by atoms with Gasteiger partial charge in [-0.25, -0.2) is 4.79 Å². The van der Waals surface area contributed by atoms with Crippen molar-refractivity contribution in [3.05, 3.63) is 28.2 Å². The standard InChI is InChI=1S/C12H16BrNO2/c1-4-8(2)14(3)11-6-5-9(12(15)16)7-10(11)13/h5-8H,4H2,1-3H3,(H,15,16). The highest BCUT2D eigenvalue weighted by Gasteiger charge is 2.13. The van der Waals surface area contributed by atoms with Crippen molar-refractivity contribution in [3.8, 4) is 0 Å². The molecule has 1 atom stereocenters. The van der Waals surface area contributed by atoms with E-state index in [0.29, 0.717) is 11.6 Å². The molecule has 0 bridgehead atoms. The number of anilines is 1. The van der Waals surface area contributed by atoms with Gasteiger partial charge in [-0.1, -0.05) is 6.92 Å². The maximum Gasteiger partial charge on any atom is 0.335 e. The number of nitrogens with zero attached hydrogens (tertiary/aromatic N) is 1. The van der Waals surface area contributed by atoms with Gasteiger partial charge in [0.25, 0.3) is 0 Å². The Morgan fingerprint density at radius 2 is 2.19 bits per heavy atom. The average Bonchev–Trinajstić information content (AvgIpc) is 2.26. The van der Waals surface area contributed by atoms with E-state index in [0.717, 1.165) is 16.6 Å². The topological polar surface area (TPSA) is 40.5 Å². The molecule has 0 aromatic heterocycles. The van der Waals surface area contributed by atoms with E-state index < -0.39 is 5.97 Å². The summed E-state index contributed by atoms with van der Waals surface area (Å²) in [7, 11) is 2.01. The summed E-state index contributed by atoms with van der Waals surface area (Å²) in [5.74, 6) is -0.904. The van der Waals surface area contributed by atoms with Gasteiger partial charge in [0.2, 0.25) is 0 Å². The van der Waals surface area contributed by atoms with Crippen molar-refractivity contribution >= 4 is 27.6 Å². The summed E-state index contributed by atoms with van der Waals surface area (Å²) in [6.07, 6.45) is 1.05. The van der Waals surface area contributed by atoms with Crippen LogP contribution in [-0.2, 0) is 0 Å². The Morgan fingerprint density at radius 1 is 1.56 bits per heavy atom. The molecule has 16 heavy (non-hydrogen) atoms. The zero-order chi connectivity index (χ0) is 12.3. The van der Waals surface area contributed by atoms with E-state index in [-0.39, 0.29) is 0 Å². The highest BCUT2D eigenvalue weighted by atomic mass is 79.9. The smallest absolute Gasteiger partial charge is 0.335 e. The minimum absolute atomic E-state index is 0.299. The first-order valence-electron chi connectivity index (χ1n) is 5.23. The van der Waals surface area contributed by atoms with Gasteiger partial charge in [0.05, 0.1) is 11.3 Å². The van der Waals surface area contributed by atoms with Gasteiger partial charge in [0, 0.05) is 17.6 Å². The number of benzene rings is 1. The van der Waals surface area contributed by atoms with Crippen LogP contribution in [0.2, 0.25) is 0 Å². The highest BCUT2D eigenvalue weighted by molar-refractivity contribution is 9.10. The second kappa shape index (κ2) is 5.34. The first kappa shape index (κ1) is 13.0. The van der Waals surface area contributed by atoms with Gasteiger partial charge in [-0.3, -0.25) is 0 Å². The second-order valence-electron chi connectivity index (χ2n) is 3.84. The molecule has 0 aliphatic rings. The lowest BCUT2D eigenvalue weighted by Crippen LogP contribution is -2.28. The molecule has 1 N–H and O–H groups in total. The third kappa shape index (κ3) is 2.76. The lowest BCUT2D eigenvalue weighted by atomic mass is 10.1. The molecule has 0 amide bonds. The van der Waals surface area contributed by atoms with Crippen LogP contribution in [0, 0.1) is 0 Å². The fourth-order valence-corrected chi connectivity index (χ4v) is 2.10. The summed E-state index contributed by atoms with van der Waals surface area (Å²) in [6, 6.07) is 5.52. The van der Waals surface area contributed by atoms with Crippen LogP contribution in [0.15, 0.2) is 22.7 Å². The molecule has 1 rings (SSSR count). The third-order valence-corrected chi connectivity index (χ3v) is 3.46. The number of hydrogen-bond donors (Lipinski definition) is 1. The van der Waals surface area contributed by atoms with Gasteiger partial charge in [-0.15, -0.1) is 0 Å². The molecule has 3 nitrogen and oxygen atoms in total. The van der Waals surface area contributed by atoms with Crippen LogP contribution in [-0.4, -0.2) is 24.2 Å². The van der Waals surface area contributed by atoms with Gasteiger partial charge in [-0.05, 0) is 47.5 Å². The zero-order valence-electron chi connectivity index (χ0n) is 9.70. The summed E-state index contributed by atoms with van der Waals surface area (Å²) in [4.78, 5) is 12.9. The molecule has 0 aliphatic carbocycles. The lowest BCUT2D eigenvalue weighted by molar-refractivity contribution is 0.0697. The molecule has 88 valence electrons. The maximum atomic E-state index is 10.8. The Hall–Kier alpha value is -1.03. The van der Waals surface area contributed by atoms with Gasteiger partial charge < -0.3 is 10.0 Å². The summed E-state index contributed by atoms with van der Waals surface area (Å²) in [5.41, 5.74) is 1.31. The van der Waals surface area contributed by atoms with Crippen molar-refractivity contribution < 1.29 is 9.90 Å². The predicted octanol–water partition coefficient (Wildman–Crippen LogP) is 3.38. The monoisotopic (exact) mass is 285 g/mol. The molecule has 0 spiro atoms. The summed E-state index contributed by atoms with van der Waals surface area (Å²) >= 11 is 3.41. The first-order chi connectivity index (χ1) is 7.47. The van der Waals surface area contributed by atoms with Crippen LogP contribution in [0.25, 0.3) is 0 Å². The highest BCUT2D eigenvalue weighted by Crippen LogP contribution is 2.28. The lowest BCUT2D eigenvalue weighted by Gasteiger charge is -2.27. The van der Waals surface area contributed by atoms with Gasteiger partial charge >= 0.3 is 5.97 Å². The Kier molecular flexibility index (Phi) is 4.35. The van der Waals surface area contributed by atoms with E-state index in [1.807, 2.05) is 13.1 Å². The summed E-state index contributed by atoms with van der Waals surface area (Å²) in [5, 5.41) is 8.86. The van der Waals surface area contributed by atoms with Crippen molar-refractivity contribution in [3.63, 3.8) is 0 Å². The fraction of sp³-hybridized carbons (Fsp3) is 0.417. The molecule has 4 heteroatoms. The van der Waals surface area contributed by atoms with Gasteiger partial charge in [0.15, 0.2) is 0 Å². The largest absolute Gasteiger partial charge is 0.478 e. The molecule has 0 aliphatic heterocycles. The van der Waals surface area contributed by atoms with Crippen LogP contribution in [0.5, 0.6) is 0 Å². The molecule has 0 fully saturated rings. The third-order valence-electron chi connectivity index (χ3n) is 2.83. The van der Waals surface area contributed by atoms with Crippen LogP contribution >= 0.6 is 15.9 Å². The minimum Gasteiger partial charge on any atom is -0.478 e. The van der Waals surface area contributed by atoms with Crippen molar-refractivity contribution in [2.75, 3.05) is 11.9 Å². The molecule has 0 heterocycles. The van der Waals surface area contributed by atoms with E-state index >= 15 is 0 Å². The Bertz CT molecular complexity index is 393. The van der Waals surface area contributed by atoms with Gasteiger partial charge in [-0.2, -0.15) is 0 Å². The molecule has 0 saturated carbocycles. The fourth-order valence-electron chi connectivity index (χ4n) is 1.44. The van der Waals surface area contributed by atoms with Crippen molar-refractivity contribution in [2.45, 2.75) is 26.3 Å². The quantitative estimate of drug-likeness (QED) is 0.922. The average molecular weight is 286 g/mol. The number of carbonyl (C=O) groups is 1. The Balaban J connectivity index is 3.03. The Morgan fingerprint density at radius 3 is 2.62 bits per heavy atom. The molecule has 1 unspecified atom stereocenters. The van der Waals surface area contributed by atoms with Crippen molar-refractivity contribution in [1.29, 1.82) is 0 Å². The molecular formula is C12H16BrNO2. The summed E-state index contributed by atoms with van der Waals surface area (Å²) < 4.78 is 0.815. The van der Waals surface area contributed by atoms with Crippen molar-refractivity contribution in [1.82, 2.24) is 0 Å². The summed E-state index contributed by atoms with van der Waals surface area (Å²) in [6.45, 7) is 4.26. The van der Waals surface area contributed by atoms with E-state index in [9.17, 15) is 4.79 Å². The molecule has 1 aromatic rings. The molecule has 1 aromatic carbocycles. The van der Waals surface area contributed by atoms with Crippen LogP contribution in [0.3, 0.4) is 0 Å². The van der Waals surface area contributed by atoms with E-state index in [2.05, 4.69) is 34.7 Å². The van der Waals surface area contributed by atoms with E-state index in [1.165, 1.54) is 0 Å². The predicted molar refractivity (Wildman–Crippen MR) is 69.3 cm³/mol. The van der Waals surface area contributed by atoms with Crippen molar-refractivity contribution in [2.24, 2.45) is 0 Å². The van der Waals surface area contributed by atoms with Gasteiger partial charge in [0.1, 0.15) is 0 Å². The Labute approximate surface area is 104 Å².